The molecule has 0 aliphatic heterocycles. The van der Waals surface area contributed by atoms with Gasteiger partial charge in [0.25, 0.3) is 5.91 Å². The Morgan fingerprint density at radius 1 is 1.06 bits per heavy atom. The molecule has 0 spiro atoms. The number of carbonyl (C=O) groups is 1. The zero-order chi connectivity index (χ0) is 13.1. The first kappa shape index (κ1) is 12.2. The fourth-order valence-corrected chi connectivity index (χ4v) is 1.57. The molecule has 0 saturated carbocycles. The van der Waals surface area contributed by atoms with Gasteiger partial charge in [0.2, 0.25) is 0 Å². The van der Waals surface area contributed by atoms with E-state index in [1.165, 1.54) is 30.3 Å². The number of nitrogens with one attached hydrogen (secondary N) is 1. The maximum atomic E-state index is 13.5. The first-order chi connectivity index (χ1) is 8.58. The highest BCUT2D eigenvalue weighted by Crippen LogP contribution is 2.16. The highest BCUT2D eigenvalue weighted by Gasteiger charge is 2.13. The van der Waals surface area contributed by atoms with Crippen LogP contribution in [0.3, 0.4) is 0 Å². The molecule has 0 unspecified atom stereocenters. The van der Waals surface area contributed by atoms with Gasteiger partial charge >= 0.3 is 0 Å². The van der Waals surface area contributed by atoms with E-state index in [9.17, 15) is 13.6 Å². The lowest BCUT2D eigenvalue weighted by Gasteiger charge is -2.07. The van der Waals surface area contributed by atoms with Gasteiger partial charge in [-0.05, 0) is 31.2 Å². The summed E-state index contributed by atoms with van der Waals surface area (Å²) in [5.74, 6) is -1.85. The number of halogens is 2. The second-order valence-electron chi connectivity index (χ2n) is 3.92. The van der Waals surface area contributed by atoms with Crippen molar-refractivity contribution in [1.82, 2.24) is 0 Å². The van der Waals surface area contributed by atoms with Crippen molar-refractivity contribution in [2.24, 2.45) is 0 Å². The van der Waals surface area contributed by atoms with E-state index in [-0.39, 0.29) is 11.3 Å². The summed E-state index contributed by atoms with van der Waals surface area (Å²) in [4.78, 5) is 11.8. The van der Waals surface area contributed by atoms with Gasteiger partial charge in [-0.3, -0.25) is 4.79 Å². The molecule has 0 bridgehead atoms. The predicted octanol–water partition coefficient (Wildman–Crippen LogP) is 3.53. The average molecular weight is 247 g/mol. The van der Waals surface area contributed by atoms with Crippen molar-refractivity contribution in [1.29, 1.82) is 0 Å². The van der Waals surface area contributed by atoms with Crippen LogP contribution in [0.2, 0.25) is 0 Å². The van der Waals surface area contributed by atoms with Crippen LogP contribution in [0.15, 0.2) is 42.5 Å². The Balaban J connectivity index is 2.28. The molecule has 1 N–H and O–H groups in total. The van der Waals surface area contributed by atoms with Gasteiger partial charge in [0, 0.05) is 0 Å². The van der Waals surface area contributed by atoms with Crippen LogP contribution in [0.1, 0.15) is 15.9 Å². The molecule has 0 aliphatic carbocycles. The second kappa shape index (κ2) is 4.96. The number of benzene rings is 2. The third kappa shape index (κ3) is 2.53. The molecule has 2 nitrogen and oxygen atoms in total. The SMILES string of the molecule is Cc1ccc(F)c(C(=O)Nc2ccccc2F)c1. The number of hydrogen-bond donors (Lipinski definition) is 1. The lowest BCUT2D eigenvalue weighted by Crippen LogP contribution is -2.14. The fraction of sp³-hybridized carbons (Fsp3) is 0.0714. The monoisotopic (exact) mass is 247 g/mol. The summed E-state index contributed by atoms with van der Waals surface area (Å²) >= 11 is 0. The Hall–Kier alpha value is -2.23. The largest absolute Gasteiger partial charge is 0.319 e. The van der Waals surface area contributed by atoms with Gasteiger partial charge in [-0.15, -0.1) is 0 Å². The predicted molar refractivity (Wildman–Crippen MR) is 65.5 cm³/mol. The van der Waals surface area contributed by atoms with Crippen molar-refractivity contribution in [3.8, 4) is 0 Å². The molecule has 0 saturated heterocycles. The van der Waals surface area contributed by atoms with Gasteiger partial charge in [-0.2, -0.15) is 0 Å². The minimum absolute atomic E-state index is 0.0309. The molecule has 0 fully saturated rings. The standard InChI is InChI=1S/C14H11F2NO/c1-9-6-7-11(15)10(8-9)14(18)17-13-5-3-2-4-12(13)16/h2-8H,1H3,(H,17,18). The molecule has 0 aliphatic rings. The van der Waals surface area contributed by atoms with E-state index in [0.717, 1.165) is 5.56 Å². The van der Waals surface area contributed by atoms with Crippen molar-refractivity contribution in [3.63, 3.8) is 0 Å². The van der Waals surface area contributed by atoms with Crippen molar-refractivity contribution < 1.29 is 13.6 Å². The molecular formula is C14H11F2NO. The summed E-state index contributed by atoms with van der Waals surface area (Å²) in [7, 11) is 0. The minimum atomic E-state index is -0.665. The zero-order valence-corrected chi connectivity index (χ0v) is 9.71. The minimum Gasteiger partial charge on any atom is -0.319 e. The Kier molecular flexibility index (Phi) is 3.37. The summed E-state index contributed by atoms with van der Waals surface area (Å²) in [6.07, 6.45) is 0. The van der Waals surface area contributed by atoms with E-state index in [2.05, 4.69) is 5.32 Å². The summed E-state index contributed by atoms with van der Waals surface area (Å²) in [6, 6.07) is 9.94. The summed E-state index contributed by atoms with van der Waals surface area (Å²) in [5, 5.41) is 2.34. The molecule has 0 aromatic heterocycles. The third-order valence-corrected chi connectivity index (χ3v) is 2.49. The number of carbonyl (C=O) groups excluding carboxylic acids is 1. The number of anilines is 1. The van der Waals surface area contributed by atoms with Crippen LogP contribution in [0.5, 0.6) is 0 Å². The third-order valence-electron chi connectivity index (χ3n) is 2.49. The number of rotatable bonds is 2. The van der Waals surface area contributed by atoms with Crippen molar-refractivity contribution >= 4 is 11.6 Å². The molecular weight excluding hydrogens is 236 g/mol. The molecule has 0 radical (unpaired) electrons. The zero-order valence-electron chi connectivity index (χ0n) is 9.71. The van der Waals surface area contributed by atoms with E-state index >= 15 is 0 Å². The Morgan fingerprint density at radius 2 is 1.78 bits per heavy atom. The average Bonchev–Trinajstić information content (AvgIpc) is 2.35. The Bertz CT molecular complexity index is 596. The summed E-state index contributed by atoms with van der Waals surface area (Å²) in [5.41, 5.74) is 0.691. The molecule has 92 valence electrons. The van der Waals surface area contributed by atoms with Gasteiger partial charge in [0.05, 0.1) is 11.3 Å². The Morgan fingerprint density at radius 3 is 2.50 bits per heavy atom. The van der Waals surface area contributed by atoms with E-state index in [1.54, 1.807) is 19.1 Å². The van der Waals surface area contributed by atoms with Crippen LogP contribution in [0.25, 0.3) is 0 Å². The molecule has 2 rings (SSSR count). The molecule has 2 aromatic rings. The number of amides is 1. The highest BCUT2D eigenvalue weighted by atomic mass is 19.1. The number of para-hydroxylation sites is 1. The summed E-state index contributed by atoms with van der Waals surface area (Å²) < 4.78 is 26.8. The second-order valence-corrected chi connectivity index (χ2v) is 3.92. The van der Waals surface area contributed by atoms with Gasteiger partial charge in [0.1, 0.15) is 11.6 Å². The molecule has 4 heteroatoms. The van der Waals surface area contributed by atoms with E-state index in [4.69, 9.17) is 0 Å². The van der Waals surface area contributed by atoms with Crippen LogP contribution >= 0.6 is 0 Å². The van der Waals surface area contributed by atoms with Crippen LogP contribution in [0, 0.1) is 18.6 Å². The smallest absolute Gasteiger partial charge is 0.258 e. The lowest BCUT2D eigenvalue weighted by atomic mass is 10.1. The van der Waals surface area contributed by atoms with Gasteiger partial charge in [-0.1, -0.05) is 23.8 Å². The van der Waals surface area contributed by atoms with Crippen LogP contribution in [-0.4, -0.2) is 5.91 Å². The highest BCUT2D eigenvalue weighted by molar-refractivity contribution is 6.04. The van der Waals surface area contributed by atoms with Crippen molar-refractivity contribution in [2.45, 2.75) is 6.92 Å². The quantitative estimate of drug-likeness (QED) is 0.864. The van der Waals surface area contributed by atoms with Gasteiger partial charge < -0.3 is 5.32 Å². The number of hydrogen-bond acceptors (Lipinski definition) is 1. The topological polar surface area (TPSA) is 29.1 Å². The first-order valence-corrected chi connectivity index (χ1v) is 5.40. The van der Waals surface area contributed by atoms with E-state index in [0.29, 0.717) is 0 Å². The first-order valence-electron chi connectivity index (χ1n) is 5.40. The molecule has 0 atom stereocenters. The lowest BCUT2D eigenvalue weighted by molar-refractivity contribution is 0.102. The normalized spacial score (nSPS) is 10.2. The maximum absolute atomic E-state index is 13.5. The van der Waals surface area contributed by atoms with Crippen molar-refractivity contribution in [2.75, 3.05) is 5.32 Å². The van der Waals surface area contributed by atoms with Crippen LogP contribution in [0.4, 0.5) is 14.5 Å². The Labute approximate surface area is 103 Å². The fourth-order valence-electron chi connectivity index (χ4n) is 1.57. The van der Waals surface area contributed by atoms with Gasteiger partial charge in [-0.25, -0.2) is 8.78 Å². The van der Waals surface area contributed by atoms with Crippen LogP contribution in [-0.2, 0) is 0 Å². The molecule has 0 heterocycles. The van der Waals surface area contributed by atoms with Crippen LogP contribution < -0.4 is 5.32 Å². The molecule has 1 amide bonds. The van der Waals surface area contributed by atoms with E-state index < -0.39 is 17.5 Å². The summed E-state index contributed by atoms with van der Waals surface area (Å²) in [6.45, 7) is 1.75. The van der Waals surface area contributed by atoms with E-state index in [1.807, 2.05) is 0 Å². The number of aryl methyl sites for hydroxylation is 1. The van der Waals surface area contributed by atoms with Crippen molar-refractivity contribution in [3.05, 3.63) is 65.2 Å². The molecule has 2 aromatic carbocycles. The van der Waals surface area contributed by atoms with Gasteiger partial charge in [0.15, 0.2) is 0 Å². The maximum Gasteiger partial charge on any atom is 0.258 e. The molecule has 18 heavy (non-hydrogen) atoms.